The van der Waals surface area contributed by atoms with E-state index in [4.69, 9.17) is 0 Å². The number of thiazole rings is 1. The van der Waals surface area contributed by atoms with Crippen LogP contribution in [0.2, 0.25) is 0 Å². The Morgan fingerprint density at radius 3 is 2.35 bits per heavy atom. The van der Waals surface area contributed by atoms with E-state index in [2.05, 4.69) is 36.3 Å². The van der Waals surface area contributed by atoms with Gasteiger partial charge >= 0.3 is 6.18 Å². The molecule has 0 aliphatic rings. The molecule has 0 amide bonds. The van der Waals surface area contributed by atoms with Gasteiger partial charge in [-0.25, -0.2) is 4.98 Å². The molecule has 10 heteroatoms. The standard InChI is InChI=1S/C21H19F3N4O2S/c1-20(2,3)18-12-31-19(26-18)14-6-4-13(5-7-14)11-25-27-16-9-8-15(21(22,23)24)10-17(16)28(29)30/h4-12,27H,1-3H3/b25-11-. The molecule has 0 spiro atoms. The van der Waals surface area contributed by atoms with Crippen molar-refractivity contribution in [2.24, 2.45) is 5.10 Å². The van der Waals surface area contributed by atoms with E-state index in [1.165, 1.54) is 6.21 Å². The van der Waals surface area contributed by atoms with Gasteiger partial charge in [0.1, 0.15) is 10.7 Å². The molecule has 0 saturated heterocycles. The van der Waals surface area contributed by atoms with Gasteiger partial charge in [0.05, 0.1) is 22.4 Å². The van der Waals surface area contributed by atoms with E-state index in [-0.39, 0.29) is 11.1 Å². The number of hydrogen-bond donors (Lipinski definition) is 1. The third kappa shape index (κ3) is 5.46. The van der Waals surface area contributed by atoms with Crippen molar-refractivity contribution in [3.63, 3.8) is 0 Å². The predicted octanol–water partition coefficient (Wildman–Crippen LogP) is 6.48. The highest BCUT2D eigenvalue weighted by Gasteiger charge is 2.33. The van der Waals surface area contributed by atoms with Crippen molar-refractivity contribution in [2.75, 3.05) is 5.43 Å². The number of aromatic nitrogens is 1. The van der Waals surface area contributed by atoms with Gasteiger partial charge in [0, 0.05) is 22.4 Å². The number of nitro benzene ring substituents is 1. The van der Waals surface area contributed by atoms with E-state index in [1.54, 1.807) is 23.5 Å². The van der Waals surface area contributed by atoms with Crippen LogP contribution < -0.4 is 5.43 Å². The van der Waals surface area contributed by atoms with Crippen molar-refractivity contribution in [2.45, 2.75) is 32.4 Å². The summed E-state index contributed by atoms with van der Waals surface area (Å²) in [4.78, 5) is 14.9. The lowest BCUT2D eigenvalue weighted by Crippen LogP contribution is -2.11. The molecule has 0 aliphatic heterocycles. The minimum absolute atomic E-state index is 0.0338. The predicted molar refractivity (Wildman–Crippen MR) is 116 cm³/mol. The van der Waals surface area contributed by atoms with Crippen LogP contribution in [0.3, 0.4) is 0 Å². The topological polar surface area (TPSA) is 80.4 Å². The number of alkyl halides is 3. The first-order chi connectivity index (χ1) is 14.4. The molecule has 3 rings (SSSR count). The Bertz CT molecular complexity index is 1120. The van der Waals surface area contributed by atoms with E-state index in [1.807, 2.05) is 17.5 Å². The minimum Gasteiger partial charge on any atom is -0.272 e. The highest BCUT2D eigenvalue weighted by molar-refractivity contribution is 7.13. The van der Waals surface area contributed by atoms with Gasteiger partial charge in [-0.15, -0.1) is 11.3 Å². The maximum atomic E-state index is 12.8. The highest BCUT2D eigenvalue weighted by Crippen LogP contribution is 2.35. The third-order valence-electron chi connectivity index (χ3n) is 4.35. The molecule has 1 aromatic heterocycles. The summed E-state index contributed by atoms with van der Waals surface area (Å²) in [5.74, 6) is 0. The van der Waals surface area contributed by atoms with Crippen LogP contribution in [0.5, 0.6) is 0 Å². The van der Waals surface area contributed by atoms with E-state index in [9.17, 15) is 23.3 Å². The lowest BCUT2D eigenvalue weighted by atomic mass is 9.93. The lowest BCUT2D eigenvalue weighted by molar-refractivity contribution is -0.384. The molecule has 0 aliphatic carbocycles. The Balaban J connectivity index is 1.73. The number of rotatable bonds is 5. The summed E-state index contributed by atoms with van der Waals surface area (Å²) in [6.07, 6.45) is -3.24. The molecular formula is C21H19F3N4O2S. The number of halogens is 3. The van der Waals surface area contributed by atoms with E-state index >= 15 is 0 Å². The maximum Gasteiger partial charge on any atom is 0.416 e. The summed E-state index contributed by atoms with van der Waals surface area (Å²) in [6, 6.07) is 9.60. The summed E-state index contributed by atoms with van der Waals surface area (Å²) in [6.45, 7) is 6.29. The smallest absolute Gasteiger partial charge is 0.272 e. The number of hydrogen-bond acceptors (Lipinski definition) is 6. The minimum atomic E-state index is -4.67. The normalized spacial score (nSPS) is 12.3. The average molecular weight is 448 g/mol. The fourth-order valence-electron chi connectivity index (χ4n) is 2.59. The molecule has 0 bridgehead atoms. The number of nitro groups is 1. The number of benzene rings is 2. The first-order valence-electron chi connectivity index (χ1n) is 9.16. The summed E-state index contributed by atoms with van der Waals surface area (Å²) in [5, 5.41) is 18.0. The number of hydrazone groups is 1. The van der Waals surface area contributed by atoms with Crippen molar-refractivity contribution < 1.29 is 18.1 Å². The maximum absolute atomic E-state index is 12.8. The number of nitrogens with zero attached hydrogens (tertiary/aromatic N) is 3. The van der Waals surface area contributed by atoms with E-state index in [0.29, 0.717) is 11.6 Å². The molecular weight excluding hydrogens is 429 g/mol. The van der Waals surface area contributed by atoms with Crippen LogP contribution in [0.1, 0.15) is 37.6 Å². The molecule has 0 saturated carbocycles. The van der Waals surface area contributed by atoms with Crippen LogP contribution in [-0.4, -0.2) is 16.1 Å². The molecule has 0 fully saturated rings. The summed E-state index contributed by atoms with van der Waals surface area (Å²) >= 11 is 1.56. The molecule has 2 aromatic carbocycles. The van der Waals surface area contributed by atoms with Gasteiger partial charge in [-0.1, -0.05) is 45.0 Å². The Morgan fingerprint density at radius 2 is 1.81 bits per heavy atom. The second kappa shape index (κ2) is 8.46. The fourth-order valence-corrected chi connectivity index (χ4v) is 3.65. The largest absolute Gasteiger partial charge is 0.416 e. The number of anilines is 1. The quantitative estimate of drug-likeness (QED) is 0.275. The average Bonchev–Trinajstić information content (AvgIpc) is 3.18. The molecule has 0 atom stereocenters. The van der Waals surface area contributed by atoms with Crippen molar-refractivity contribution >= 4 is 28.9 Å². The number of nitrogens with one attached hydrogen (secondary N) is 1. The zero-order valence-electron chi connectivity index (χ0n) is 16.9. The molecule has 31 heavy (non-hydrogen) atoms. The van der Waals surface area contributed by atoms with E-state index < -0.39 is 22.4 Å². The molecule has 162 valence electrons. The van der Waals surface area contributed by atoms with Gasteiger partial charge < -0.3 is 0 Å². The molecule has 1 heterocycles. The van der Waals surface area contributed by atoms with Crippen LogP contribution in [0.15, 0.2) is 52.9 Å². The lowest BCUT2D eigenvalue weighted by Gasteiger charge is -2.14. The van der Waals surface area contributed by atoms with Crippen LogP contribution in [0.4, 0.5) is 24.5 Å². The van der Waals surface area contributed by atoms with Gasteiger partial charge in [0.2, 0.25) is 0 Å². The SMILES string of the molecule is CC(C)(C)c1csc(-c2ccc(/C=N\Nc3ccc(C(F)(F)F)cc3[N+](=O)[O-])cc2)n1. The van der Waals surface area contributed by atoms with Crippen LogP contribution >= 0.6 is 11.3 Å². The van der Waals surface area contributed by atoms with Crippen molar-refractivity contribution in [3.05, 3.63) is 74.8 Å². The first-order valence-corrected chi connectivity index (χ1v) is 10.0. The second-order valence-corrected chi connectivity index (χ2v) is 8.62. The van der Waals surface area contributed by atoms with Gasteiger partial charge in [-0.05, 0) is 17.7 Å². The Hall–Kier alpha value is -3.27. The molecule has 6 nitrogen and oxygen atoms in total. The highest BCUT2D eigenvalue weighted by atomic mass is 32.1. The monoisotopic (exact) mass is 448 g/mol. The fraction of sp³-hybridized carbons (Fsp3) is 0.238. The van der Waals surface area contributed by atoms with Gasteiger partial charge in [0.15, 0.2) is 0 Å². The van der Waals surface area contributed by atoms with Crippen LogP contribution in [0, 0.1) is 10.1 Å². The summed E-state index contributed by atoms with van der Waals surface area (Å²) in [7, 11) is 0. The van der Waals surface area contributed by atoms with E-state index in [0.717, 1.165) is 28.4 Å². The van der Waals surface area contributed by atoms with Gasteiger partial charge in [0.25, 0.3) is 5.69 Å². The zero-order valence-corrected chi connectivity index (χ0v) is 17.7. The molecule has 3 aromatic rings. The van der Waals surface area contributed by atoms with Crippen molar-refractivity contribution in [3.8, 4) is 10.6 Å². The zero-order chi connectivity index (χ0) is 22.8. The summed E-state index contributed by atoms with van der Waals surface area (Å²) in [5.41, 5.74) is 3.13. The summed E-state index contributed by atoms with van der Waals surface area (Å²) < 4.78 is 38.3. The Kier molecular flexibility index (Phi) is 6.12. The molecule has 0 unspecified atom stereocenters. The van der Waals surface area contributed by atoms with Crippen molar-refractivity contribution in [1.82, 2.24) is 4.98 Å². The molecule has 0 radical (unpaired) electrons. The Labute approximate surface area is 180 Å². The molecule has 1 N–H and O–H groups in total. The van der Waals surface area contributed by atoms with Gasteiger partial charge in [-0.3, -0.25) is 15.5 Å². The van der Waals surface area contributed by atoms with Crippen LogP contribution in [0.25, 0.3) is 10.6 Å². The van der Waals surface area contributed by atoms with Crippen LogP contribution in [-0.2, 0) is 11.6 Å². The van der Waals surface area contributed by atoms with Gasteiger partial charge in [-0.2, -0.15) is 18.3 Å². The Morgan fingerprint density at radius 1 is 1.13 bits per heavy atom. The first kappa shape index (κ1) is 22.4. The van der Waals surface area contributed by atoms with Crippen molar-refractivity contribution in [1.29, 1.82) is 0 Å². The third-order valence-corrected chi connectivity index (χ3v) is 5.24. The second-order valence-electron chi connectivity index (χ2n) is 7.77.